The quantitative estimate of drug-likeness (QED) is 0.846. The van der Waals surface area contributed by atoms with Gasteiger partial charge in [-0.1, -0.05) is 24.6 Å². The summed E-state index contributed by atoms with van der Waals surface area (Å²) in [6.45, 7) is 0. The number of aromatic nitrogens is 5. The molecule has 9 heteroatoms. The predicted octanol–water partition coefficient (Wildman–Crippen LogP) is 2.24. The number of thiazole rings is 1. The lowest BCUT2D eigenvalue weighted by molar-refractivity contribution is 0.0696. The monoisotopic (exact) mass is 311 g/mol. The van der Waals surface area contributed by atoms with Gasteiger partial charge in [0.15, 0.2) is 0 Å². The molecule has 0 radical (unpaired) electrons. The molecule has 0 amide bonds. The highest BCUT2D eigenvalue weighted by atomic mass is 32.2. The highest BCUT2D eigenvalue weighted by molar-refractivity contribution is 7.98. The third kappa shape index (κ3) is 2.83. The van der Waals surface area contributed by atoms with Crippen LogP contribution in [0.4, 0.5) is 0 Å². The molecule has 2 aromatic heterocycles. The maximum absolute atomic E-state index is 10.8. The molecule has 1 aliphatic carbocycles. The van der Waals surface area contributed by atoms with Crippen molar-refractivity contribution in [1.82, 2.24) is 25.2 Å². The van der Waals surface area contributed by atoms with Crippen LogP contribution in [0.3, 0.4) is 0 Å². The Balaban J connectivity index is 1.66. The maximum atomic E-state index is 10.8. The molecule has 0 spiro atoms. The van der Waals surface area contributed by atoms with E-state index in [2.05, 4.69) is 20.5 Å². The molecule has 0 aromatic carbocycles. The van der Waals surface area contributed by atoms with Crippen LogP contribution in [0.1, 0.15) is 47.2 Å². The van der Waals surface area contributed by atoms with E-state index in [0.29, 0.717) is 11.8 Å². The zero-order chi connectivity index (χ0) is 13.9. The van der Waals surface area contributed by atoms with Crippen molar-refractivity contribution in [3.05, 3.63) is 16.1 Å². The molecule has 0 bridgehead atoms. The van der Waals surface area contributed by atoms with Crippen molar-refractivity contribution >= 4 is 29.1 Å². The summed E-state index contributed by atoms with van der Waals surface area (Å²) in [5, 5.41) is 23.4. The van der Waals surface area contributed by atoms with Crippen molar-refractivity contribution < 1.29 is 9.90 Å². The van der Waals surface area contributed by atoms with Crippen molar-refractivity contribution in [2.45, 2.75) is 42.6 Å². The van der Waals surface area contributed by atoms with E-state index < -0.39 is 5.97 Å². The van der Waals surface area contributed by atoms with Crippen LogP contribution in [0.2, 0.25) is 0 Å². The number of carboxylic acids is 1. The average Bonchev–Trinajstić information content (AvgIpc) is 3.17. The highest BCUT2D eigenvalue weighted by Crippen LogP contribution is 2.32. The van der Waals surface area contributed by atoms with Crippen LogP contribution in [0, 0.1) is 0 Å². The summed E-state index contributed by atoms with van der Waals surface area (Å²) in [5.41, 5.74) is 0.748. The lowest BCUT2D eigenvalue weighted by atomic mass is 10.3. The van der Waals surface area contributed by atoms with Crippen molar-refractivity contribution in [2.75, 3.05) is 0 Å². The number of aromatic carboxylic acids is 1. The molecule has 1 saturated carbocycles. The van der Waals surface area contributed by atoms with Crippen LogP contribution < -0.4 is 0 Å². The number of tetrazole rings is 1. The Labute approximate surface area is 123 Å². The lowest BCUT2D eigenvalue weighted by Crippen LogP contribution is -2.08. The molecule has 1 N–H and O–H groups in total. The Hall–Kier alpha value is -1.48. The van der Waals surface area contributed by atoms with Gasteiger partial charge < -0.3 is 5.11 Å². The van der Waals surface area contributed by atoms with Gasteiger partial charge >= 0.3 is 5.97 Å². The van der Waals surface area contributed by atoms with Gasteiger partial charge in [-0.2, -0.15) is 0 Å². The predicted molar refractivity (Wildman–Crippen MR) is 74.0 cm³/mol. The van der Waals surface area contributed by atoms with E-state index in [0.717, 1.165) is 35.0 Å². The minimum absolute atomic E-state index is 0.121. The highest BCUT2D eigenvalue weighted by Gasteiger charge is 2.21. The second-order valence-corrected chi connectivity index (χ2v) is 6.38. The first-order chi connectivity index (χ1) is 9.74. The summed E-state index contributed by atoms with van der Waals surface area (Å²) in [6.07, 6.45) is 4.70. The summed E-state index contributed by atoms with van der Waals surface area (Å²) >= 11 is 2.64. The number of rotatable bonds is 5. The van der Waals surface area contributed by atoms with Gasteiger partial charge in [0.1, 0.15) is 0 Å². The first-order valence-electron chi connectivity index (χ1n) is 6.32. The van der Waals surface area contributed by atoms with E-state index in [9.17, 15) is 4.79 Å². The zero-order valence-electron chi connectivity index (χ0n) is 10.6. The Kier molecular flexibility index (Phi) is 3.97. The second kappa shape index (κ2) is 5.88. The summed E-state index contributed by atoms with van der Waals surface area (Å²) in [6, 6.07) is 0.400. The SMILES string of the molecule is O=C(O)c1nc(CSc2nnnn2C2CCCC2)cs1. The summed E-state index contributed by atoms with van der Waals surface area (Å²) in [4.78, 5) is 14.8. The first kappa shape index (κ1) is 13.5. The van der Waals surface area contributed by atoms with Crippen LogP contribution in [-0.4, -0.2) is 36.3 Å². The fourth-order valence-corrected chi connectivity index (χ4v) is 3.87. The number of carboxylic acid groups (broad SMARTS) is 1. The Bertz CT molecular complexity index is 605. The lowest BCUT2D eigenvalue weighted by Gasteiger charge is -2.10. The van der Waals surface area contributed by atoms with Crippen LogP contribution in [-0.2, 0) is 5.75 Å². The summed E-state index contributed by atoms with van der Waals surface area (Å²) in [7, 11) is 0. The van der Waals surface area contributed by atoms with E-state index >= 15 is 0 Å². The summed E-state index contributed by atoms with van der Waals surface area (Å²) in [5.74, 6) is -0.404. The van der Waals surface area contributed by atoms with E-state index in [4.69, 9.17) is 5.11 Å². The Morgan fingerprint density at radius 3 is 3.00 bits per heavy atom. The number of nitrogens with zero attached hydrogens (tertiary/aromatic N) is 5. The molecule has 20 heavy (non-hydrogen) atoms. The molecule has 2 heterocycles. The molecule has 1 fully saturated rings. The van der Waals surface area contributed by atoms with Gasteiger partial charge in [-0.15, -0.1) is 16.4 Å². The van der Waals surface area contributed by atoms with Crippen molar-refractivity contribution in [3.63, 3.8) is 0 Å². The van der Waals surface area contributed by atoms with Gasteiger partial charge in [0.05, 0.1) is 11.7 Å². The molecule has 3 rings (SSSR count). The molecule has 2 aromatic rings. The van der Waals surface area contributed by atoms with Crippen LogP contribution in [0.15, 0.2) is 10.5 Å². The molecule has 106 valence electrons. The average molecular weight is 311 g/mol. The Morgan fingerprint density at radius 2 is 2.30 bits per heavy atom. The largest absolute Gasteiger partial charge is 0.476 e. The van der Waals surface area contributed by atoms with E-state index in [1.165, 1.54) is 24.6 Å². The van der Waals surface area contributed by atoms with E-state index in [1.807, 2.05) is 4.68 Å². The Morgan fingerprint density at radius 1 is 1.50 bits per heavy atom. The number of hydrogen-bond acceptors (Lipinski definition) is 7. The number of thioether (sulfide) groups is 1. The van der Waals surface area contributed by atoms with Crippen molar-refractivity contribution in [1.29, 1.82) is 0 Å². The normalized spacial score (nSPS) is 15.8. The molecule has 0 aliphatic heterocycles. The van der Waals surface area contributed by atoms with Crippen LogP contribution >= 0.6 is 23.1 Å². The molecular weight excluding hydrogens is 298 g/mol. The number of hydrogen-bond donors (Lipinski definition) is 1. The molecule has 1 aliphatic rings. The number of carbonyl (C=O) groups is 1. The molecule has 0 saturated heterocycles. The van der Waals surface area contributed by atoms with Crippen LogP contribution in [0.25, 0.3) is 0 Å². The fourth-order valence-electron chi connectivity index (χ4n) is 2.27. The smallest absolute Gasteiger partial charge is 0.365 e. The van der Waals surface area contributed by atoms with Gasteiger partial charge in [-0.05, 0) is 23.3 Å². The standard InChI is InChI=1S/C11H13N5O2S2/c17-10(18)9-12-7(5-19-9)6-20-11-13-14-15-16(11)8-3-1-2-4-8/h5,8H,1-4,6H2,(H,17,18). The topological polar surface area (TPSA) is 93.8 Å². The maximum Gasteiger partial charge on any atom is 0.365 e. The first-order valence-corrected chi connectivity index (χ1v) is 8.19. The van der Waals surface area contributed by atoms with E-state index in [-0.39, 0.29) is 5.01 Å². The molecule has 0 unspecified atom stereocenters. The molecule has 7 nitrogen and oxygen atoms in total. The zero-order valence-corrected chi connectivity index (χ0v) is 12.2. The van der Waals surface area contributed by atoms with Gasteiger partial charge in [0.2, 0.25) is 10.2 Å². The van der Waals surface area contributed by atoms with Gasteiger partial charge in [0, 0.05) is 11.1 Å². The third-order valence-corrected chi connectivity index (χ3v) is 5.06. The van der Waals surface area contributed by atoms with Crippen LogP contribution in [0.5, 0.6) is 0 Å². The summed E-state index contributed by atoms with van der Waals surface area (Å²) < 4.78 is 1.89. The van der Waals surface area contributed by atoms with Crippen molar-refractivity contribution in [2.24, 2.45) is 0 Å². The van der Waals surface area contributed by atoms with Gasteiger partial charge in [0.25, 0.3) is 0 Å². The molecule has 0 atom stereocenters. The van der Waals surface area contributed by atoms with E-state index in [1.54, 1.807) is 5.38 Å². The van der Waals surface area contributed by atoms with Gasteiger partial charge in [-0.25, -0.2) is 14.5 Å². The van der Waals surface area contributed by atoms with Crippen molar-refractivity contribution in [3.8, 4) is 0 Å². The van der Waals surface area contributed by atoms with Gasteiger partial charge in [-0.3, -0.25) is 0 Å². The minimum Gasteiger partial charge on any atom is -0.476 e. The minimum atomic E-state index is -0.984. The second-order valence-electron chi connectivity index (χ2n) is 4.58. The third-order valence-electron chi connectivity index (χ3n) is 3.22. The molecular formula is C11H13N5O2S2. The fraction of sp³-hybridized carbons (Fsp3) is 0.545.